The molecule has 142 valence electrons. The molecule has 1 aliphatic heterocycles. The van der Waals surface area contributed by atoms with Crippen LogP contribution >= 0.6 is 0 Å². The zero-order valence-electron chi connectivity index (χ0n) is 15.4. The standard InChI is InChI=1S/C20H23N3O4/c1-13-7-3-4-8-14(13)18-22-16(27-23-18)12-21-19(25)15-11-17(24)26-20(15)9-5-2-6-10-20/h3-4,7-8,15H,2,5-6,9-12H2,1H3,(H,21,25)/t15-/m0/s1. The van der Waals surface area contributed by atoms with Crippen molar-refractivity contribution in [3.05, 3.63) is 35.7 Å². The van der Waals surface area contributed by atoms with Gasteiger partial charge in [0.2, 0.25) is 17.6 Å². The van der Waals surface area contributed by atoms with Crippen molar-refractivity contribution in [3.8, 4) is 11.4 Å². The maximum Gasteiger partial charge on any atom is 0.307 e. The van der Waals surface area contributed by atoms with Crippen molar-refractivity contribution in [2.75, 3.05) is 0 Å². The molecule has 1 saturated carbocycles. The van der Waals surface area contributed by atoms with E-state index in [4.69, 9.17) is 9.26 Å². The molecule has 1 saturated heterocycles. The van der Waals surface area contributed by atoms with Crippen molar-refractivity contribution in [1.82, 2.24) is 15.5 Å². The Labute approximate surface area is 157 Å². The van der Waals surface area contributed by atoms with Gasteiger partial charge in [0, 0.05) is 5.56 Å². The van der Waals surface area contributed by atoms with Crippen molar-refractivity contribution in [3.63, 3.8) is 0 Å². The predicted molar refractivity (Wildman–Crippen MR) is 96.3 cm³/mol. The zero-order valence-corrected chi connectivity index (χ0v) is 15.4. The molecule has 1 amide bonds. The van der Waals surface area contributed by atoms with E-state index in [0.29, 0.717) is 11.7 Å². The van der Waals surface area contributed by atoms with Crippen molar-refractivity contribution in [2.24, 2.45) is 5.92 Å². The normalized spacial score (nSPS) is 21.2. The molecule has 1 aromatic carbocycles. The van der Waals surface area contributed by atoms with E-state index in [1.54, 1.807) is 0 Å². The van der Waals surface area contributed by atoms with Crippen LogP contribution in [-0.2, 0) is 20.9 Å². The molecule has 27 heavy (non-hydrogen) atoms. The summed E-state index contributed by atoms with van der Waals surface area (Å²) in [7, 11) is 0. The molecule has 4 rings (SSSR count). The second-order valence-corrected chi connectivity index (χ2v) is 7.40. The lowest BCUT2D eigenvalue weighted by Gasteiger charge is -2.35. The third-order valence-corrected chi connectivity index (χ3v) is 5.61. The molecule has 2 aliphatic rings. The summed E-state index contributed by atoms with van der Waals surface area (Å²) >= 11 is 0. The Kier molecular flexibility index (Phi) is 4.68. The summed E-state index contributed by atoms with van der Waals surface area (Å²) in [6.07, 6.45) is 4.76. The Bertz CT molecular complexity index is 854. The first-order valence-corrected chi connectivity index (χ1v) is 9.45. The van der Waals surface area contributed by atoms with E-state index in [2.05, 4.69) is 15.5 Å². The van der Waals surface area contributed by atoms with Crippen molar-refractivity contribution in [2.45, 2.75) is 57.6 Å². The highest BCUT2D eigenvalue weighted by Gasteiger charge is 2.52. The van der Waals surface area contributed by atoms with E-state index in [9.17, 15) is 9.59 Å². The summed E-state index contributed by atoms with van der Waals surface area (Å²) in [5, 5.41) is 6.85. The molecule has 2 heterocycles. The molecular formula is C20H23N3O4. The Morgan fingerprint density at radius 3 is 2.81 bits per heavy atom. The van der Waals surface area contributed by atoms with E-state index in [-0.39, 0.29) is 24.8 Å². The largest absolute Gasteiger partial charge is 0.458 e. The first-order valence-electron chi connectivity index (χ1n) is 9.45. The number of esters is 1. The number of hydrogen-bond acceptors (Lipinski definition) is 6. The summed E-state index contributed by atoms with van der Waals surface area (Å²) in [5.41, 5.74) is 1.32. The minimum absolute atomic E-state index is 0.137. The summed E-state index contributed by atoms with van der Waals surface area (Å²) in [5.74, 6) is -0.0656. The molecule has 7 nitrogen and oxygen atoms in total. The first kappa shape index (κ1) is 17.7. The van der Waals surface area contributed by atoms with Crippen molar-refractivity contribution >= 4 is 11.9 Å². The topological polar surface area (TPSA) is 94.3 Å². The molecule has 0 bridgehead atoms. The average Bonchev–Trinajstić information content (AvgIpc) is 3.25. The third kappa shape index (κ3) is 3.46. The number of carbonyl (C=O) groups is 2. The fourth-order valence-corrected chi connectivity index (χ4v) is 4.17. The van der Waals surface area contributed by atoms with Gasteiger partial charge in [0.1, 0.15) is 5.60 Å². The number of ether oxygens (including phenoxy) is 1. The lowest BCUT2D eigenvalue weighted by Crippen LogP contribution is -2.45. The molecule has 0 radical (unpaired) electrons. The van der Waals surface area contributed by atoms with Gasteiger partial charge in [-0.05, 0) is 38.2 Å². The van der Waals surface area contributed by atoms with E-state index >= 15 is 0 Å². The maximum atomic E-state index is 12.7. The van der Waals surface area contributed by atoms with Crippen molar-refractivity contribution in [1.29, 1.82) is 0 Å². The van der Waals surface area contributed by atoms with Crippen LogP contribution in [0.1, 0.15) is 50.0 Å². The van der Waals surface area contributed by atoms with Gasteiger partial charge in [-0.15, -0.1) is 0 Å². The Balaban J connectivity index is 1.42. The average molecular weight is 369 g/mol. The zero-order chi connectivity index (χ0) is 18.9. The molecule has 1 aliphatic carbocycles. The molecule has 7 heteroatoms. The number of aryl methyl sites for hydroxylation is 1. The van der Waals surface area contributed by atoms with Gasteiger partial charge in [0.05, 0.1) is 18.9 Å². The number of carbonyl (C=O) groups excluding carboxylic acids is 2. The van der Waals surface area contributed by atoms with Gasteiger partial charge >= 0.3 is 5.97 Å². The van der Waals surface area contributed by atoms with Crippen LogP contribution in [0.3, 0.4) is 0 Å². The van der Waals surface area contributed by atoms with Gasteiger partial charge < -0.3 is 14.6 Å². The van der Waals surface area contributed by atoms with E-state index < -0.39 is 11.5 Å². The number of aromatic nitrogens is 2. The number of amides is 1. The fourth-order valence-electron chi connectivity index (χ4n) is 4.17. The molecule has 2 aromatic rings. The number of rotatable bonds is 4. The maximum absolute atomic E-state index is 12.7. The minimum atomic E-state index is -0.624. The summed E-state index contributed by atoms with van der Waals surface area (Å²) in [6.45, 7) is 2.12. The van der Waals surface area contributed by atoms with Crippen LogP contribution in [-0.4, -0.2) is 27.6 Å². The SMILES string of the molecule is Cc1ccccc1-c1noc(CNC(=O)[C@@H]2CC(=O)OC23CCCCC3)n1. The molecule has 1 atom stereocenters. The van der Waals surface area contributed by atoms with Crippen LogP contribution in [0, 0.1) is 12.8 Å². The van der Waals surface area contributed by atoms with Crippen LogP contribution < -0.4 is 5.32 Å². The van der Waals surface area contributed by atoms with Crippen LogP contribution in [0.25, 0.3) is 11.4 Å². The number of nitrogens with zero attached hydrogens (tertiary/aromatic N) is 2. The summed E-state index contributed by atoms with van der Waals surface area (Å²) in [4.78, 5) is 29.0. The molecule has 1 aromatic heterocycles. The van der Waals surface area contributed by atoms with Gasteiger partial charge in [0.15, 0.2) is 0 Å². The second kappa shape index (κ2) is 7.13. The molecule has 1 N–H and O–H groups in total. The van der Waals surface area contributed by atoms with Crippen LogP contribution in [0.15, 0.2) is 28.8 Å². The number of benzene rings is 1. The molecule has 1 spiro atoms. The van der Waals surface area contributed by atoms with Crippen LogP contribution in [0.4, 0.5) is 0 Å². The summed E-state index contributed by atoms with van der Waals surface area (Å²) < 4.78 is 10.9. The highest BCUT2D eigenvalue weighted by Crippen LogP contribution is 2.44. The fraction of sp³-hybridized carbons (Fsp3) is 0.500. The van der Waals surface area contributed by atoms with Gasteiger partial charge in [-0.2, -0.15) is 4.98 Å². The summed E-state index contributed by atoms with van der Waals surface area (Å²) in [6, 6.07) is 7.78. The predicted octanol–water partition coefficient (Wildman–Crippen LogP) is 2.93. The quantitative estimate of drug-likeness (QED) is 0.833. The van der Waals surface area contributed by atoms with E-state index in [0.717, 1.165) is 43.2 Å². The lowest BCUT2D eigenvalue weighted by molar-refractivity contribution is -0.153. The highest BCUT2D eigenvalue weighted by molar-refractivity contribution is 5.87. The Morgan fingerprint density at radius 1 is 1.26 bits per heavy atom. The highest BCUT2D eigenvalue weighted by atomic mass is 16.6. The van der Waals surface area contributed by atoms with Crippen LogP contribution in [0.5, 0.6) is 0 Å². The molecular weight excluding hydrogens is 346 g/mol. The first-order chi connectivity index (χ1) is 13.1. The Hall–Kier alpha value is -2.70. The monoisotopic (exact) mass is 369 g/mol. The molecule has 0 unspecified atom stereocenters. The molecule has 2 fully saturated rings. The van der Waals surface area contributed by atoms with Gasteiger partial charge in [-0.1, -0.05) is 35.8 Å². The number of nitrogens with one attached hydrogen (secondary N) is 1. The van der Waals surface area contributed by atoms with Gasteiger partial charge in [-0.3, -0.25) is 9.59 Å². The minimum Gasteiger partial charge on any atom is -0.458 e. The number of hydrogen-bond donors (Lipinski definition) is 1. The second-order valence-electron chi connectivity index (χ2n) is 7.40. The van der Waals surface area contributed by atoms with Gasteiger partial charge in [-0.25, -0.2) is 0 Å². The Morgan fingerprint density at radius 2 is 2.04 bits per heavy atom. The van der Waals surface area contributed by atoms with E-state index in [1.165, 1.54) is 0 Å². The smallest absolute Gasteiger partial charge is 0.307 e. The van der Waals surface area contributed by atoms with Crippen molar-refractivity contribution < 1.29 is 18.8 Å². The van der Waals surface area contributed by atoms with Crippen LogP contribution in [0.2, 0.25) is 0 Å². The van der Waals surface area contributed by atoms with E-state index in [1.807, 2.05) is 31.2 Å². The van der Waals surface area contributed by atoms with Gasteiger partial charge in [0.25, 0.3) is 0 Å². The lowest BCUT2D eigenvalue weighted by atomic mass is 9.75. The third-order valence-electron chi connectivity index (χ3n) is 5.61.